The van der Waals surface area contributed by atoms with Crippen LogP contribution < -0.4 is 5.32 Å². The van der Waals surface area contributed by atoms with Crippen LogP contribution in [0.1, 0.15) is 35.8 Å². The van der Waals surface area contributed by atoms with Crippen LogP contribution in [-0.2, 0) is 13.0 Å². The van der Waals surface area contributed by atoms with E-state index in [9.17, 15) is 0 Å². The number of furan rings is 1. The number of rotatable bonds is 3. The van der Waals surface area contributed by atoms with Gasteiger partial charge in [0.1, 0.15) is 5.76 Å². The van der Waals surface area contributed by atoms with Gasteiger partial charge in [-0.05, 0) is 36.6 Å². The third-order valence-electron chi connectivity index (χ3n) is 3.61. The molecule has 19 heavy (non-hydrogen) atoms. The van der Waals surface area contributed by atoms with E-state index >= 15 is 0 Å². The summed E-state index contributed by atoms with van der Waals surface area (Å²) >= 11 is 9.51. The highest BCUT2D eigenvalue weighted by molar-refractivity contribution is 9.10. The molecule has 0 saturated carbocycles. The van der Waals surface area contributed by atoms with Crippen molar-refractivity contribution in [1.82, 2.24) is 5.32 Å². The normalized spacial score (nSPS) is 18.3. The molecule has 0 fully saturated rings. The highest BCUT2D eigenvalue weighted by Gasteiger charge is 2.22. The van der Waals surface area contributed by atoms with Crippen LogP contribution >= 0.6 is 27.5 Å². The molecule has 0 radical (unpaired) electrons. The summed E-state index contributed by atoms with van der Waals surface area (Å²) in [5, 5.41) is 4.36. The van der Waals surface area contributed by atoms with Gasteiger partial charge in [-0.1, -0.05) is 33.6 Å². The number of hydrogen-bond donors (Lipinski definition) is 1. The molecule has 1 heterocycles. The minimum Gasteiger partial charge on any atom is -0.469 e. The van der Waals surface area contributed by atoms with Gasteiger partial charge in [0, 0.05) is 34.1 Å². The van der Waals surface area contributed by atoms with Crippen LogP contribution in [0.25, 0.3) is 0 Å². The predicted octanol–water partition coefficient (Wildman–Crippen LogP) is 4.86. The summed E-state index contributed by atoms with van der Waals surface area (Å²) in [5.74, 6) is 1.14. The zero-order valence-corrected chi connectivity index (χ0v) is 12.8. The maximum absolute atomic E-state index is 5.96. The Morgan fingerprint density at radius 3 is 3.11 bits per heavy atom. The molecule has 1 N–H and O–H groups in total. The fourth-order valence-corrected chi connectivity index (χ4v) is 3.42. The van der Waals surface area contributed by atoms with Crippen LogP contribution in [0.5, 0.6) is 0 Å². The number of halogens is 2. The first-order valence-electron chi connectivity index (χ1n) is 6.47. The van der Waals surface area contributed by atoms with Crippen LogP contribution in [0.2, 0.25) is 5.02 Å². The Labute approximate surface area is 126 Å². The van der Waals surface area contributed by atoms with Crippen molar-refractivity contribution in [2.45, 2.75) is 31.8 Å². The largest absolute Gasteiger partial charge is 0.469 e. The van der Waals surface area contributed by atoms with E-state index in [0.717, 1.165) is 34.6 Å². The Kier molecular flexibility index (Phi) is 3.96. The van der Waals surface area contributed by atoms with E-state index in [1.165, 1.54) is 17.5 Å². The summed E-state index contributed by atoms with van der Waals surface area (Å²) in [6.45, 7) is 0.826. The maximum Gasteiger partial charge on any atom is 0.108 e. The van der Waals surface area contributed by atoms with Crippen molar-refractivity contribution in [2.75, 3.05) is 0 Å². The van der Waals surface area contributed by atoms with Crippen molar-refractivity contribution in [3.05, 3.63) is 56.9 Å². The molecule has 1 atom stereocenters. The average molecular weight is 341 g/mol. The van der Waals surface area contributed by atoms with Crippen molar-refractivity contribution in [3.63, 3.8) is 0 Å². The number of nitrogens with one attached hydrogen (secondary N) is 1. The Morgan fingerprint density at radius 2 is 2.26 bits per heavy atom. The molecule has 0 aliphatic heterocycles. The molecule has 0 bridgehead atoms. The average Bonchev–Trinajstić information content (AvgIpc) is 2.86. The van der Waals surface area contributed by atoms with Gasteiger partial charge in [0.05, 0.1) is 6.26 Å². The molecule has 100 valence electrons. The van der Waals surface area contributed by atoms with Crippen molar-refractivity contribution in [2.24, 2.45) is 0 Å². The molecule has 1 aromatic heterocycles. The summed E-state index contributed by atoms with van der Waals surface area (Å²) in [6.07, 6.45) is 5.20. The lowest BCUT2D eigenvalue weighted by atomic mass is 9.93. The van der Waals surface area contributed by atoms with Gasteiger partial charge >= 0.3 is 0 Å². The topological polar surface area (TPSA) is 25.2 Å². The summed E-state index contributed by atoms with van der Waals surface area (Å²) in [4.78, 5) is 0. The smallest absolute Gasteiger partial charge is 0.108 e. The van der Waals surface area contributed by atoms with Gasteiger partial charge in [-0.25, -0.2) is 0 Å². The summed E-state index contributed by atoms with van der Waals surface area (Å²) in [5.41, 5.74) is 2.54. The van der Waals surface area contributed by atoms with Crippen molar-refractivity contribution in [3.8, 4) is 0 Å². The van der Waals surface area contributed by atoms with Gasteiger partial charge in [-0.2, -0.15) is 0 Å². The van der Waals surface area contributed by atoms with Gasteiger partial charge in [-0.15, -0.1) is 0 Å². The van der Waals surface area contributed by atoms with Gasteiger partial charge < -0.3 is 9.73 Å². The summed E-state index contributed by atoms with van der Waals surface area (Å²) < 4.78 is 6.56. The van der Waals surface area contributed by atoms with E-state index < -0.39 is 0 Å². The molecule has 1 aliphatic carbocycles. The predicted molar refractivity (Wildman–Crippen MR) is 80.4 cm³/mol. The van der Waals surface area contributed by atoms with E-state index in [1.54, 1.807) is 6.26 Å². The number of hydrogen-bond acceptors (Lipinski definition) is 2. The zero-order valence-electron chi connectivity index (χ0n) is 10.5. The van der Waals surface area contributed by atoms with Gasteiger partial charge in [-0.3, -0.25) is 0 Å². The molecular formula is C15H15BrClNO. The molecule has 0 saturated heterocycles. The lowest BCUT2D eigenvalue weighted by molar-refractivity contribution is 0.410. The number of aryl methyl sites for hydroxylation is 1. The van der Waals surface area contributed by atoms with Gasteiger partial charge in [0.2, 0.25) is 0 Å². The second-order valence-electron chi connectivity index (χ2n) is 4.86. The first-order chi connectivity index (χ1) is 9.24. The highest BCUT2D eigenvalue weighted by Crippen LogP contribution is 2.31. The minimum atomic E-state index is 0.394. The van der Waals surface area contributed by atoms with E-state index in [4.69, 9.17) is 16.0 Å². The molecule has 0 spiro atoms. The van der Waals surface area contributed by atoms with Gasteiger partial charge in [0.25, 0.3) is 0 Å². The lowest BCUT2D eigenvalue weighted by Gasteiger charge is -2.23. The molecule has 0 amide bonds. The molecular weight excluding hydrogens is 326 g/mol. The van der Waals surface area contributed by atoms with Crippen LogP contribution in [0.15, 0.2) is 39.4 Å². The number of fused-ring (bicyclic) bond motifs is 1. The van der Waals surface area contributed by atoms with E-state index in [0.29, 0.717) is 6.04 Å². The number of benzene rings is 1. The monoisotopic (exact) mass is 339 g/mol. The maximum atomic E-state index is 5.96. The summed E-state index contributed by atoms with van der Waals surface area (Å²) in [7, 11) is 0. The molecule has 4 heteroatoms. The first kappa shape index (κ1) is 13.2. The molecule has 1 aromatic carbocycles. The Bertz CT molecular complexity index is 581. The second kappa shape index (κ2) is 5.70. The first-order valence-corrected chi connectivity index (χ1v) is 7.65. The standard InChI is InChI=1S/C15H15BrClNO/c16-13-8-11(17)5-4-10(13)9-18-14-2-1-3-15-12(14)6-7-19-15/h4-8,14,18H,1-3,9H2. The quantitative estimate of drug-likeness (QED) is 0.863. The Hall–Kier alpha value is -0.770. The van der Waals surface area contributed by atoms with Crippen LogP contribution in [0.3, 0.4) is 0 Å². The van der Waals surface area contributed by atoms with E-state index in [1.807, 2.05) is 12.1 Å². The minimum absolute atomic E-state index is 0.394. The fourth-order valence-electron chi connectivity index (χ4n) is 2.60. The molecule has 2 nitrogen and oxygen atoms in total. The van der Waals surface area contributed by atoms with Gasteiger partial charge in [0.15, 0.2) is 0 Å². The summed E-state index contributed by atoms with van der Waals surface area (Å²) in [6, 6.07) is 8.39. The molecule has 2 aromatic rings. The van der Waals surface area contributed by atoms with Crippen LogP contribution in [0, 0.1) is 0 Å². The fraction of sp³-hybridized carbons (Fsp3) is 0.333. The van der Waals surface area contributed by atoms with Crippen molar-refractivity contribution < 1.29 is 4.42 Å². The van der Waals surface area contributed by atoms with E-state index in [2.05, 4.69) is 33.4 Å². The molecule has 1 aliphatic rings. The molecule has 3 rings (SSSR count). The van der Waals surface area contributed by atoms with Crippen molar-refractivity contribution >= 4 is 27.5 Å². The van der Waals surface area contributed by atoms with Crippen LogP contribution in [-0.4, -0.2) is 0 Å². The van der Waals surface area contributed by atoms with Crippen LogP contribution in [0.4, 0.5) is 0 Å². The van der Waals surface area contributed by atoms with Crippen molar-refractivity contribution in [1.29, 1.82) is 0 Å². The Morgan fingerprint density at radius 1 is 1.37 bits per heavy atom. The zero-order chi connectivity index (χ0) is 13.2. The Balaban J connectivity index is 1.71. The third kappa shape index (κ3) is 2.88. The second-order valence-corrected chi connectivity index (χ2v) is 6.15. The lowest BCUT2D eigenvalue weighted by Crippen LogP contribution is -2.24. The van der Waals surface area contributed by atoms with E-state index in [-0.39, 0.29) is 0 Å². The third-order valence-corrected chi connectivity index (χ3v) is 4.58. The molecule has 1 unspecified atom stereocenters. The SMILES string of the molecule is Clc1ccc(CNC2CCCc3occc32)c(Br)c1. The highest BCUT2D eigenvalue weighted by atomic mass is 79.9.